The largest absolute Gasteiger partial charge is 0.507 e. The Morgan fingerprint density at radius 2 is 1.67 bits per heavy atom. The number of phenols is 1. The molecule has 1 aliphatic rings. The molecule has 1 aromatic carbocycles. The van der Waals surface area contributed by atoms with Crippen LogP contribution in [0.2, 0.25) is 0 Å². The van der Waals surface area contributed by atoms with Crippen LogP contribution in [0.15, 0.2) is 18.3 Å². The number of nitrogens with zero attached hydrogens (tertiary/aromatic N) is 3. The number of phenolic OH excluding ortho intramolecular Hbond substituents is 1. The maximum absolute atomic E-state index is 13.2. The van der Waals surface area contributed by atoms with Gasteiger partial charge in [-0.25, -0.2) is 9.97 Å². The molecule has 7 heteroatoms. The number of amidine groups is 1. The van der Waals surface area contributed by atoms with Crippen LogP contribution < -0.4 is 0 Å². The highest BCUT2D eigenvalue weighted by atomic mass is 79.9. The molecule has 0 aliphatic carbocycles. The molecule has 0 spiro atoms. The molecule has 0 atom stereocenters. The summed E-state index contributed by atoms with van der Waals surface area (Å²) >= 11 is 0. The van der Waals surface area contributed by atoms with E-state index in [9.17, 15) is 9.90 Å². The van der Waals surface area contributed by atoms with Gasteiger partial charge in [0.1, 0.15) is 23.1 Å². The lowest BCUT2D eigenvalue weighted by atomic mass is 9.78. The number of aromatic nitrogens is 2. The van der Waals surface area contributed by atoms with E-state index in [1.807, 2.05) is 41.5 Å². The Morgan fingerprint density at radius 3 is 2.17 bits per heavy atom. The van der Waals surface area contributed by atoms with Crippen molar-refractivity contribution in [2.45, 2.75) is 65.8 Å². The van der Waals surface area contributed by atoms with Crippen LogP contribution in [-0.2, 0) is 17.4 Å². The number of ketones is 1. The molecular formula is C23H31BrN4O2. The normalized spacial score (nSPS) is 13.8. The van der Waals surface area contributed by atoms with E-state index in [1.54, 1.807) is 30.2 Å². The van der Waals surface area contributed by atoms with Gasteiger partial charge in [-0.1, -0.05) is 41.5 Å². The monoisotopic (exact) mass is 474 g/mol. The van der Waals surface area contributed by atoms with Crippen LogP contribution in [0.3, 0.4) is 0 Å². The van der Waals surface area contributed by atoms with Crippen LogP contribution in [0.1, 0.15) is 80.1 Å². The van der Waals surface area contributed by atoms with Gasteiger partial charge in [-0.3, -0.25) is 10.2 Å². The van der Waals surface area contributed by atoms with Gasteiger partial charge >= 0.3 is 0 Å². The molecule has 0 fully saturated rings. The Balaban J connectivity index is 0.00000320. The maximum Gasteiger partial charge on any atom is 0.182 e. The van der Waals surface area contributed by atoms with E-state index in [0.717, 1.165) is 16.7 Å². The number of benzene rings is 1. The van der Waals surface area contributed by atoms with Gasteiger partial charge in [0.2, 0.25) is 0 Å². The average molecular weight is 475 g/mol. The Morgan fingerprint density at radius 1 is 1.13 bits per heavy atom. The third-order valence-electron chi connectivity index (χ3n) is 5.27. The lowest BCUT2D eigenvalue weighted by Crippen LogP contribution is -2.31. The summed E-state index contributed by atoms with van der Waals surface area (Å²) in [4.78, 5) is 23.4. The molecule has 0 saturated carbocycles. The van der Waals surface area contributed by atoms with Crippen LogP contribution in [0.25, 0.3) is 0 Å². The van der Waals surface area contributed by atoms with Crippen LogP contribution >= 0.6 is 17.0 Å². The number of rotatable bonds is 3. The Labute approximate surface area is 189 Å². The highest BCUT2D eigenvalue weighted by Crippen LogP contribution is 2.40. The van der Waals surface area contributed by atoms with Crippen molar-refractivity contribution in [3.8, 4) is 5.75 Å². The number of halogens is 1. The quantitative estimate of drug-likeness (QED) is 0.629. The number of hydrogen-bond acceptors (Lipinski definition) is 5. The molecule has 2 heterocycles. The molecule has 6 nitrogen and oxygen atoms in total. The molecular weight excluding hydrogens is 444 g/mol. The zero-order valence-corrected chi connectivity index (χ0v) is 20.5. The fraction of sp³-hybridized carbons (Fsp3) is 0.478. The highest BCUT2D eigenvalue weighted by molar-refractivity contribution is 8.93. The Bertz CT molecular complexity index is 968. The molecule has 0 amide bonds. The first-order valence-electron chi connectivity index (χ1n) is 9.86. The van der Waals surface area contributed by atoms with Crippen molar-refractivity contribution in [2.75, 3.05) is 6.54 Å². The van der Waals surface area contributed by atoms with Crippen molar-refractivity contribution in [3.63, 3.8) is 0 Å². The van der Waals surface area contributed by atoms with Crippen molar-refractivity contribution < 1.29 is 9.90 Å². The van der Waals surface area contributed by atoms with E-state index in [0.29, 0.717) is 23.6 Å². The van der Waals surface area contributed by atoms with Gasteiger partial charge in [0, 0.05) is 35.0 Å². The predicted molar refractivity (Wildman–Crippen MR) is 124 cm³/mol. The molecule has 1 aromatic heterocycles. The number of aryl methyl sites for hydroxylation is 1. The maximum atomic E-state index is 13.2. The summed E-state index contributed by atoms with van der Waals surface area (Å²) in [6.45, 7) is 14.5. The zero-order chi connectivity index (χ0) is 21.7. The molecule has 0 bridgehead atoms. The first-order chi connectivity index (χ1) is 13.3. The van der Waals surface area contributed by atoms with Gasteiger partial charge in [0.05, 0.1) is 6.54 Å². The topological polar surface area (TPSA) is 90.2 Å². The summed E-state index contributed by atoms with van der Waals surface area (Å²) in [6.07, 6.45) is 1.73. The molecule has 0 saturated heterocycles. The predicted octanol–water partition coefficient (Wildman–Crippen LogP) is 4.69. The fourth-order valence-corrected chi connectivity index (χ4v) is 3.59. The summed E-state index contributed by atoms with van der Waals surface area (Å²) in [5.74, 6) is 1.05. The van der Waals surface area contributed by atoms with Gasteiger partial charge in [-0.05, 0) is 29.9 Å². The second-order valence-corrected chi connectivity index (χ2v) is 9.84. The van der Waals surface area contributed by atoms with E-state index in [-0.39, 0.29) is 51.7 Å². The summed E-state index contributed by atoms with van der Waals surface area (Å²) in [5.41, 5.74) is 2.94. The SMILES string of the molecule is Br.Cc1ncc2c(n1)C(=N)N(CC(=O)c1cc(C(C)(C)C)c(O)c(C(C)(C)C)c1)C2. The van der Waals surface area contributed by atoms with Crippen molar-refractivity contribution in [3.05, 3.63) is 52.1 Å². The molecule has 2 N–H and O–H groups in total. The van der Waals surface area contributed by atoms with Crippen molar-refractivity contribution in [2.24, 2.45) is 0 Å². The fourth-order valence-electron chi connectivity index (χ4n) is 3.59. The molecule has 1 aliphatic heterocycles. The van der Waals surface area contributed by atoms with E-state index in [4.69, 9.17) is 5.41 Å². The summed E-state index contributed by atoms with van der Waals surface area (Å²) in [6, 6.07) is 3.59. The minimum atomic E-state index is -0.302. The van der Waals surface area contributed by atoms with Crippen molar-refractivity contribution >= 4 is 28.6 Å². The molecule has 2 aromatic rings. The van der Waals surface area contributed by atoms with Gasteiger partial charge < -0.3 is 10.0 Å². The third-order valence-corrected chi connectivity index (χ3v) is 5.27. The lowest BCUT2D eigenvalue weighted by molar-refractivity contribution is 0.0962. The molecule has 0 radical (unpaired) electrons. The molecule has 30 heavy (non-hydrogen) atoms. The first kappa shape index (κ1) is 24.0. The number of nitrogens with one attached hydrogen (secondary N) is 1. The number of carbonyl (C=O) groups is 1. The highest BCUT2D eigenvalue weighted by Gasteiger charge is 2.31. The van der Waals surface area contributed by atoms with Crippen LogP contribution in [-0.4, -0.2) is 38.1 Å². The molecule has 0 unspecified atom stereocenters. The number of Topliss-reactive ketones (excluding diaryl/α,β-unsaturated/α-hetero) is 1. The summed E-state index contributed by atoms with van der Waals surface area (Å²) in [7, 11) is 0. The standard InChI is InChI=1S/C23H30N4O2.BrH/c1-13-25-10-15-11-27(21(24)19(15)26-13)12-18(28)14-8-16(22(2,3)4)20(29)17(9-14)23(5,6)7;/h8-10,24,29H,11-12H2,1-7H3;1H. The van der Waals surface area contributed by atoms with E-state index in [1.165, 1.54) is 0 Å². The van der Waals surface area contributed by atoms with E-state index in [2.05, 4.69) is 9.97 Å². The third kappa shape index (κ3) is 4.56. The summed E-state index contributed by atoms with van der Waals surface area (Å²) < 4.78 is 0. The minimum absolute atomic E-state index is 0. The smallest absolute Gasteiger partial charge is 0.182 e. The molecule has 3 rings (SSSR count). The second kappa shape index (κ2) is 8.10. The van der Waals surface area contributed by atoms with Crippen molar-refractivity contribution in [1.29, 1.82) is 5.41 Å². The van der Waals surface area contributed by atoms with Gasteiger partial charge in [-0.2, -0.15) is 0 Å². The average Bonchev–Trinajstić information content (AvgIpc) is 2.88. The minimum Gasteiger partial charge on any atom is -0.507 e. The number of fused-ring (bicyclic) bond motifs is 1. The van der Waals surface area contributed by atoms with E-state index >= 15 is 0 Å². The van der Waals surface area contributed by atoms with Gasteiger partial charge in [0.25, 0.3) is 0 Å². The van der Waals surface area contributed by atoms with Crippen LogP contribution in [0.5, 0.6) is 5.75 Å². The van der Waals surface area contributed by atoms with Gasteiger partial charge in [-0.15, -0.1) is 17.0 Å². The van der Waals surface area contributed by atoms with Crippen molar-refractivity contribution in [1.82, 2.24) is 14.9 Å². The number of aromatic hydroxyl groups is 1. The zero-order valence-electron chi connectivity index (χ0n) is 18.8. The summed E-state index contributed by atoms with van der Waals surface area (Å²) in [5, 5.41) is 19.3. The number of hydrogen-bond donors (Lipinski definition) is 2. The van der Waals surface area contributed by atoms with Crippen LogP contribution in [0.4, 0.5) is 0 Å². The second-order valence-electron chi connectivity index (χ2n) is 9.84. The van der Waals surface area contributed by atoms with E-state index < -0.39 is 0 Å². The Kier molecular flexibility index (Phi) is 6.48. The lowest BCUT2D eigenvalue weighted by Gasteiger charge is -2.28. The Hall–Kier alpha value is -2.28. The number of carbonyl (C=O) groups excluding carboxylic acids is 1. The first-order valence-corrected chi connectivity index (χ1v) is 9.86. The molecule has 162 valence electrons. The van der Waals surface area contributed by atoms with Gasteiger partial charge in [0.15, 0.2) is 5.78 Å². The van der Waals surface area contributed by atoms with Crippen LogP contribution in [0, 0.1) is 12.3 Å².